The van der Waals surface area contributed by atoms with Crippen LogP contribution < -0.4 is 5.32 Å². The molecule has 0 saturated heterocycles. The number of hydrogen-bond donors (Lipinski definition) is 3. The Kier molecular flexibility index (Phi) is 19.9. The second-order valence-electron chi connectivity index (χ2n) is 7.42. The fourth-order valence-corrected chi connectivity index (χ4v) is 8.41. The van der Waals surface area contributed by atoms with Gasteiger partial charge in [-0.05, 0) is 25.7 Å². The average molecular weight is 421 g/mol. The van der Waals surface area contributed by atoms with Crippen LogP contribution in [0.2, 0.25) is 0 Å². The summed E-state index contributed by atoms with van der Waals surface area (Å²) in [5.41, 5.74) is 0. The fourth-order valence-electron chi connectivity index (χ4n) is 3.12. The Morgan fingerprint density at radius 1 is 0.821 bits per heavy atom. The van der Waals surface area contributed by atoms with Gasteiger partial charge in [-0.2, -0.15) is 0 Å². The van der Waals surface area contributed by atoms with Crippen molar-refractivity contribution in [2.24, 2.45) is 0 Å². The molecule has 0 fully saturated rings. The van der Waals surface area contributed by atoms with E-state index in [0.29, 0.717) is 0 Å². The van der Waals surface area contributed by atoms with Gasteiger partial charge in [0.15, 0.2) is 0 Å². The smallest absolute Gasteiger partial charge is 0.326 e. The molecule has 28 heavy (non-hydrogen) atoms. The van der Waals surface area contributed by atoms with Crippen LogP contribution in [-0.4, -0.2) is 59.3 Å². The number of rotatable bonds is 17. The number of hydrogen-bond acceptors (Lipinski definition) is 3. The highest BCUT2D eigenvalue weighted by molar-refractivity contribution is 7.75. The van der Waals surface area contributed by atoms with Crippen LogP contribution in [0.15, 0.2) is 0 Å². The Bertz CT molecular complexity index is 380. The molecule has 0 aliphatic heterocycles. The van der Waals surface area contributed by atoms with E-state index >= 15 is 0 Å². The molecule has 166 valence electrons. The number of carbonyl (C=O) groups excluding carboxylic acids is 1. The topological polar surface area (TPSA) is 104 Å². The monoisotopic (exact) mass is 420 g/mol. The number of aliphatic carboxylic acids is 2. The van der Waals surface area contributed by atoms with Gasteiger partial charge in [-0.25, -0.2) is 4.79 Å². The Morgan fingerprint density at radius 2 is 1.18 bits per heavy atom. The van der Waals surface area contributed by atoms with E-state index in [2.05, 4.69) is 27.7 Å². The van der Waals surface area contributed by atoms with Crippen LogP contribution in [0.25, 0.3) is 0 Å². The van der Waals surface area contributed by atoms with E-state index in [1.807, 2.05) is 5.32 Å². The number of unbranched alkanes of at least 4 members (excludes halogenated alkanes) is 4. The largest absolute Gasteiger partial charge is 0.481 e. The first-order valence-corrected chi connectivity index (χ1v) is 13.3. The van der Waals surface area contributed by atoms with Crippen LogP contribution in [0, 0.1) is 0 Å². The summed E-state index contributed by atoms with van der Waals surface area (Å²) in [7, 11) is -0.562. The molecule has 0 bridgehead atoms. The van der Waals surface area contributed by atoms with Gasteiger partial charge in [0, 0.05) is 7.26 Å². The van der Waals surface area contributed by atoms with Gasteiger partial charge in [0.2, 0.25) is 6.41 Å². The van der Waals surface area contributed by atoms with E-state index in [0.717, 1.165) is 0 Å². The maximum atomic E-state index is 10.1. The molecule has 0 aromatic carbocycles. The maximum absolute atomic E-state index is 10.1. The first kappa shape index (κ1) is 29.0. The summed E-state index contributed by atoms with van der Waals surface area (Å²) >= 11 is 0. The second-order valence-corrected chi connectivity index (χ2v) is 11.9. The van der Waals surface area contributed by atoms with E-state index in [1.54, 1.807) is 24.6 Å². The summed E-state index contributed by atoms with van der Waals surface area (Å²) in [6, 6.07) is -1.34. The van der Waals surface area contributed by atoms with Crippen molar-refractivity contribution in [3.05, 3.63) is 0 Å². The number of carbonyl (C=O) groups is 3. The summed E-state index contributed by atoms with van der Waals surface area (Å²) in [5.74, 6) is -2.63. The maximum Gasteiger partial charge on any atom is 0.326 e. The van der Waals surface area contributed by atoms with Crippen molar-refractivity contribution in [2.75, 3.05) is 24.6 Å². The molecule has 0 rings (SSSR count). The molecular formula is C21H43NO5P+. The Labute approximate surface area is 172 Å². The number of carboxylic acids is 2. The molecule has 7 heteroatoms. The average Bonchev–Trinajstić information content (AvgIpc) is 2.66. The summed E-state index contributed by atoms with van der Waals surface area (Å²) in [6.07, 6.45) is 17.5. The molecule has 3 N–H and O–H groups in total. The van der Waals surface area contributed by atoms with Crippen LogP contribution in [0.1, 0.15) is 85.5 Å². The molecule has 1 atom stereocenters. The lowest BCUT2D eigenvalue weighted by Gasteiger charge is -2.28. The first-order chi connectivity index (χ1) is 13.3. The predicted molar refractivity (Wildman–Crippen MR) is 119 cm³/mol. The highest BCUT2D eigenvalue weighted by Crippen LogP contribution is 2.61. The summed E-state index contributed by atoms with van der Waals surface area (Å²) in [4.78, 5) is 29.8. The minimum absolute atomic E-state index is 0.154. The molecule has 0 unspecified atom stereocenters. The van der Waals surface area contributed by atoms with Crippen molar-refractivity contribution in [1.82, 2.24) is 5.32 Å². The van der Waals surface area contributed by atoms with Crippen LogP contribution in [-0.2, 0) is 14.4 Å². The number of carboxylic acid groups (broad SMARTS) is 2. The van der Waals surface area contributed by atoms with Crippen LogP contribution in [0.5, 0.6) is 0 Å². The standard InChI is InChI=1S/C16H36P.C5H7NO5/c1-5-9-13-17(14-10-6-2,15-11-7-3)16-12-8-4;7-2-6-3(5(10)11)1-4(8)9/h5-16H2,1-4H3;2-3H,1H2,(H,6,7)(H,8,9)(H,10,11)/q+1;/t;3-/m.0/s1. The minimum atomic E-state index is -1.36. The van der Waals surface area contributed by atoms with Crippen LogP contribution >= 0.6 is 7.26 Å². The van der Waals surface area contributed by atoms with Crippen molar-refractivity contribution >= 4 is 25.6 Å². The molecule has 0 radical (unpaired) electrons. The van der Waals surface area contributed by atoms with Gasteiger partial charge in [0.25, 0.3) is 0 Å². The lowest BCUT2D eigenvalue weighted by molar-refractivity contribution is -0.146. The van der Waals surface area contributed by atoms with Gasteiger partial charge in [0.05, 0.1) is 31.1 Å². The molecular weight excluding hydrogens is 377 g/mol. The lowest BCUT2D eigenvalue weighted by Crippen LogP contribution is -2.37. The molecule has 0 aromatic rings. The van der Waals surface area contributed by atoms with Crippen molar-refractivity contribution in [3.63, 3.8) is 0 Å². The third kappa shape index (κ3) is 15.9. The van der Waals surface area contributed by atoms with Crippen LogP contribution in [0.3, 0.4) is 0 Å². The van der Waals surface area contributed by atoms with Gasteiger partial charge in [0.1, 0.15) is 6.04 Å². The molecule has 0 spiro atoms. The third-order valence-corrected chi connectivity index (χ3v) is 9.95. The second kappa shape index (κ2) is 19.2. The van der Waals surface area contributed by atoms with E-state index in [1.165, 1.54) is 51.4 Å². The van der Waals surface area contributed by atoms with E-state index < -0.39 is 31.7 Å². The van der Waals surface area contributed by atoms with Crippen molar-refractivity contribution in [1.29, 1.82) is 0 Å². The van der Waals surface area contributed by atoms with E-state index in [9.17, 15) is 14.4 Å². The Balaban J connectivity index is 0. The minimum Gasteiger partial charge on any atom is -0.481 e. The summed E-state index contributed by atoms with van der Waals surface area (Å²) in [6.45, 7) is 9.42. The lowest BCUT2D eigenvalue weighted by atomic mass is 10.2. The third-order valence-electron chi connectivity index (χ3n) is 4.89. The zero-order valence-corrected chi connectivity index (χ0v) is 19.3. The normalized spacial score (nSPS) is 11.9. The molecule has 0 saturated carbocycles. The van der Waals surface area contributed by atoms with Gasteiger partial charge < -0.3 is 15.5 Å². The Morgan fingerprint density at radius 3 is 1.39 bits per heavy atom. The molecule has 1 amide bonds. The quantitative estimate of drug-likeness (QED) is 0.230. The number of nitrogens with one attached hydrogen (secondary N) is 1. The van der Waals surface area contributed by atoms with Crippen molar-refractivity contribution in [3.8, 4) is 0 Å². The highest BCUT2D eigenvalue weighted by Gasteiger charge is 2.34. The zero-order chi connectivity index (χ0) is 21.8. The molecule has 0 aliphatic carbocycles. The zero-order valence-electron chi connectivity index (χ0n) is 18.4. The van der Waals surface area contributed by atoms with E-state index in [4.69, 9.17) is 10.2 Å². The highest BCUT2D eigenvalue weighted by atomic mass is 31.2. The number of amides is 1. The van der Waals surface area contributed by atoms with Crippen molar-refractivity contribution in [2.45, 2.75) is 91.5 Å². The first-order valence-electron chi connectivity index (χ1n) is 10.8. The van der Waals surface area contributed by atoms with Crippen molar-refractivity contribution < 1.29 is 24.6 Å². The summed E-state index contributed by atoms with van der Waals surface area (Å²) in [5, 5.41) is 18.3. The van der Waals surface area contributed by atoms with Gasteiger partial charge in [-0.1, -0.05) is 53.4 Å². The molecule has 6 nitrogen and oxygen atoms in total. The summed E-state index contributed by atoms with van der Waals surface area (Å²) < 4.78 is 0. The van der Waals surface area contributed by atoms with Crippen LogP contribution in [0.4, 0.5) is 0 Å². The molecule has 0 aliphatic rings. The van der Waals surface area contributed by atoms with E-state index in [-0.39, 0.29) is 6.41 Å². The SMILES string of the molecule is CCCC[P+](CCCC)(CCCC)CCCC.O=CN[C@@H](CC(=O)O)C(=O)O. The molecule has 0 aromatic heterocycles. The van der Waals surface area contributed by atoms with Gasteiger partial charge in [-0.3, -0.25) is 9.59 Å². The fraction of sp³-hybridized carbons (Fsp3) is 0.857. The Hall–Kier alpha value is -1.16. The van der Waals surface area contributed by atoms with Gasteiger partial charge >= 0.3 is 11.9 Å². The van der Waals surface area contributed by atoms with Gasteiger partial charge in [-0.15, -0.1) is 0 Å². The predicted octanol–water partition coefficient (Wildman–Crippen LogP) is 4.86. The molecule has 0 heterocycles.